The van der Waals surface area contributed by atoms with Gasteiger partial charge in [0.05, 0.1) is 31.0 Å². The predicted molar refractivity (Wildman–Crippen MR) is 120 cm³/mol. The van der Waals surface area contributed by atoms with Gasteiger partial charge in [0.25, 0.3) is 0 Å². The SMILES string of the molecule is C/C=C/C(O)=C1\C(=O)C(O)(C2OC(CO)C(O)C(O)C2O)C(=O)C(C(O)C2OCC(O)C(C)C2O)=C1O. The van der Waals surface area contributed by atoms with Gasteiger partial charge in [-0.3, -0.25) is 9.59 Å². The highest BCUT2D eigenvalue weighted by Gasteiger charge is 2.64. The molecule has 3 rings (SSSR count). The molecule has 14 heteroatoms. The van der Waals surface area contributed by atoms with Crippen molar-refractivity contribution in [3.8, 4) is 0 Å². The summed E-state index contributed by atoms with van der Waals surface area (Å²) in [6, 6.07) is 0. The van der Waals surface area contributed by atoms with Crippen LogP contribution in [0, 0.1) is 5.92 Å². The summed E-state index contributed by atoms with van der Waals surface area (Å²) in [7, 11) is 0. The Kier molecular flexibility index (Phi) is 8.61. The standard InChI is InChI=1S/C23H32O14/c1-3-4-8(25)11-15(29)12(16(30)19-13(27)7(2)9(26)6-36-19)21(34)23(35,20(11)33)22-18(32)17(31)14(28)10(5-24)37-22/h3-4,7,9-10,13-14,16-19,22,24-32,35H,5-6H2,1-2H3/b4-3+,11-8+. The van der Waals surface area contributed by atoms with Crippen molar-refractivity contribution < 1.29 is 70.1 Å². The van der Waals surface area contributed by atoms with Crippen LogP contribution in [0.3, 0.4) is 0 Å². The van der Waals surface area contributed by atoms with Gasteiger partial charge in [-0.25, -0.2) is 0 Å². The van der Waals surface area contributed by atoms with E-state index >= 15 is 0 Å². The second kappa shape index (κ2) is 10.9. The van der Waals surface area contributed by atoms with Crippen molar-refractivity contribution in [2.75, 3.05) is 13.2 Å². The summed E-state index contributed by atoms with van der Waals surface area (Å²) in [6.45, 7) is 1.50. The molecule has 0 aromatic heterocycles. The molecule has 208 valence electrons. The lowest BCUT2D eigenvalue weighted by Gasteiger charge is -2.47. The Morgan fingerprint density at radius 2 is 1.70 bits per heavy atom. The van der Waals surface area contributed by atoms with Crippen molar-refractivity contribution in [2.24, 2.45) is 5.92 Å². The molecule has 0 bridgehead atoms. The highest BCUT2D eigenvalue weighted by molar-refractivity contribution is 6.28. The number of aliphatic hydroxyl groups excluding tert-OH is 9. The van der Waals surface area contributed by atoms with Gasteiger partial charge < -0.3 is 60.5 Å². The molecule has 2 heterocycles. The van der Waals surface area contributed by atoms with Crippen molar-refractivity contribution in [3.05, 3.63) is 34.8 Å². The van der Waals surface area contributed by atoms with Gasteiger partial charge in [-0.15, -0.1) is 0 Å². The second-order valence-corrected chi connectivity index (χ2v) is 9.36. The fraction of sp³-hybridized carbons (Fsp3) is 0.652. The molecular formula is C23H32O14. The third-order valence-corrected chi connectivity index (χ3v) is 7.09. The van der Waals surface area contributed by atoms with Crippen LogP contribution in [-0.4, -0.2) is 136 Å². The summed E-state index contributed by atoms with van der Waals surface area (Å²) in [6.07, 6.45) is -14.8. The summed E-state index contributed by atoms with van der Waals surface area (Å²) >= 11 is 0. The molecule has 0 radical (unpaired) electrons. The van der Waals surface area contributed by atoms with E-state index in [2.05, 4.69) is 0 Å². The number of aliphatic hydroxyl groups is 10. The van der Waals surface area contributed by atoms with Crippen LogP contribution in [0.1, 0.15) is 13.8 Å². The zero-order valence-corrected chi connectivity index (χ0v) is 19.9. The first kappa shape index (κ1) is 29.3. The number of carbonyl (C=O) groups is 2. The van der Waals surface area contributed by atoms with Gasteiger partial charge in [0.15, 0.2) is 0 Å². The number of hydrogen-bond donors (Lipinski definition) is 10. The summed E-state index contributed by atoms with van der Waals surface area (Å²) in [5, 5.41) is 105. The maximum atomic E-state index is 13.6. The van der Waals surface area contributed by atoms with Gasteiger partial charge >= 0.3 is 0 Å². The molecular weight excluding hydrogens is 500 g/mol. The topological polar surface area (TPSA) is 255 Å². The Morgan fingerprint density at radius 1 is 1.08 bits per heavy atom. The molecule has 2 saturated heterocycles. The van der Waals surface area contributed by atoms with E-state index in [4.69, 9.17) is 9.47 Å². The first-order chi connectivity index (χ1) is 17.2. The lowest BCUT2D eigenvalue weighted by molar-refractivity contribution is -0.260. The van der Waals surface area contributed by atoms with Gasteiger partial charge in [0.1, 0.15) is 59.8 Å². The number of rotatable bonds is 5. The number of ketones is 2. The summed E-state index contributed by atoms with van der Waals surface area (Å²) in [5.41, 5.74) is -5.67. The second-order valence-electron chi connectivity index (χ2n) is 9.36. The number of ether oxygens (including phenoxy) is 2. The molecule has 37 heavy (non-hydrogen) atoms. The molecule has 3 aliphatic rings. The van der Waals surface area contributed by atoms with Gasteiger partial charge in [-0.2, -0.15) is 0 Å². The number of hydrogen-bond acceptors (Lipinski definition) is 14. The minimum atomic E-state index is -3.51. The van der Waals surface area contributed by atoms with Gasteiger partial charge in [-0.05, 0) is 13.0 Å². The van der Waals surface area contributed by atoms with Crippen LogP contribution >= 0.6 is 0 Å². The Labute approximate surface area is 210 Å². The van der Waals surface area contributed by atoms with E-state index in [9.17, 15) is 60.7 Å². The van der Waals surface area contributed by atoms with Crippen LogP contribution in [0.15, 0.2) is 34.8 Å². The Hall–Kier alpha value is -2.24. The van der Waals surface area contributed by atoms with E-state index in [1.807, 2.05) is 0 Å². The Morgan fingerprint density at radius 3 is 2.27 bits per heavy atom. The van der Waals surface area contributed by atoms with E-state index < -0.39 is 107 Å². The third kappa shape index (κ3) is 4.63. The quantitative estimate of drug-likeness (QED) is 0.0921. The first-order valence-electron chi connectivity index (χ1n) is 11.5. The van der Waals surface area contributed by atoms with E-state index in [1.54, 1.807) is 0 Å². The smallest absolute Gasteiger partial charge is 0.219 e. The molecule has 0 aromatic rings. The predicted octanol–water partition coefficient (Wildman–Crippen LogP) is -3.97. The molecule has 1 aliphatic carbocycles. The normalized spacial score (nSPS) is 43.9. The molecule has 0 amide bonds. The Bertz CT molecular complexity index is 1000. The molecule has 11 atom stereocenters. The molecule has 2 aliphatic heterocycles. The van der Waals surface area contributed by atoms with Crippen molar-refractivity contribution in [3.63, 3.8) is 0 Å². The van der Waals surface area contributed by atoms with Gasteiger partial charge in [0.2, 0.25) is 17.2 Å². The average molecular weight is 532 g/mol. The third-order valence-electron chi connectivity index (χ3n) is 7.09. The molecule has 0 aromatic carbocycles. The van der Waals surface area contributed by atoms with Crippen molar-refractivity contribution >= 4 is 11.6 Å². The van der Waals surface area contributed by atoms with Crippen LogP contribution in [-0.2, 0) is 19.1 Å². The van der Waals surface area contributed by atoms with E-state index in [0.29, 0.717) is 0 Å². The molecule has 11 unspecified atom stereocenters. The van der Waals surface area contributed by atoms with Crippen LogP contribution < -0.4 is 0 Å². The van der Waals surface area contributed by atoms with Crippen molar-refractivity contribution in [1.29, 1.82) is 0 Å². The van der Waals surface area contributed by atoms with E-state index in [1.165, 1.54) is 19.9 Å². The molecule has 0 spiro atoms. The number of carbonyl (C=O) groups excluding carboxylic acids is 2. The maximum Gasteiger partial charge on any atom is 0.219 e. The molecule has 2 fully saturated rings. The van der Waals surface area contributed by atoms with E-state index in [-0.39, 0.29) is 6.61 Å². The number of Topliss-reactive ketones (excluding diaryl/α,β-unsaturated/α-hetero) is 2. The first-order valence-corrected chi connectivity index (χ1v) is 11.5. The minimum Gasteiger partial charge on any atom is -0.507 e. The van der Waals surface area contributed by atoms with Crippen molar-refractivity contribution in [2.45, 2.75) is 74.4 Å². The van der Waals surface area contributed by atoms with Crippen LogP contribution in [0.2, 0.25) is 0 Å². The fourth-order valence-electron chi connectivity index (χ4n) is 4.74. The highest BCUT2D eigenvalue weighted by atomic mass is 16.6. The van der Waals surface area contributed by atoms with Crippen molar-refractivity contribution in [1.82, 2.24) is 0 Å². The average Bonchev–Trinajstić information content (AvgIpc) is 2.85. The summed E-state index contributed by atoms with van der Waals surface area (Å²) < 4.78 is 10.5. The van der Waals surface area contributed by atoms with Crippen LogP contribution in [0.25, 0.3) is 0 Å². The van der Waals surface area contributed by atoms with Gasteiger partial charge in [0, 0.05) is 5.92 Å². The molecule has 14 nitrogen and oxygen atoms in total. The molecule has 0 saturated carbocycles. The highest BCUT2D eigenvalue weighted by Crippen LogP contribution is 2.41. The fourth-order valence-corrected chi connectivity index (χ4v) is 4.74. The minimum absolute atomic E-state index is 0.384. The molecule has 10 N–H and O–H groups in total. The monoisotopic (exact) mass is 532 g/mol. The lowest BCUT2D eigenvalue weighted by Crippen LogP contribution is -2.71. The Balaban J connectivity index is 2.20. The van der Waals surface area contributed by atoms with Crippen LogP contribution in [0.5, 0.6) is 0 Å². The number of allylic oxidation sites excluding steroid dienone is 3. The maximum absolute atomic E-state index is 13.6. The lowest BCUT2D eigenvalue weighted by atomic mass is 9.69. The summed E-state index contributed by atoms with van der Waals surface area (Å²) in [5.74, 6) is -6.49. The summed E-state index contributed by atoms with van der Waals surface area (Å²) in [4.78, 5) is 27.0. The van der Waals surface area contributed by atoms with Crippen LogP contribution in [0.4, 0.5) is 0 Å². The largest absolute Gasteiger partial charge is 0.507 e. The zero-order valence-electron chi connectivity index (χ0n) is 19.9. The zero-order chi connectivity index (χ0) is 28.0. The van der Waals surface area contributed by atoms with E-state index in [0.717, 1.165) is 6.08 Å². The van der Waals surface area contributed by atoms with Gasteiger partial charge in [-0.1, -0.05) is 13.0 Å².